The highest BCUT2D eigenvalue weighted by Crippen LogP contribution is 2.41. The molecule has 0 atom stereocenters. The van der Waals surface area contributed by atoms with Crippen molar-refractivity contribution in [2.75, 3.05) is 7.11 Å². The standard InChI is InChI=1S/C22H42O/c1-3-4-5-6-7-8-9-10-19-11-13-20(14-12-19)21-15-17-22(23-2)18-16-21/h19-22H,3-18H2,1-2H3. The summed E-state index contributed by atoms with van der Waals surface area (Å²) in [6.07, 6.45) is 24.0. The van der Waals surface area contributed by atoms with E-state index in [1.807, 2.05) is 7.11 Å². The lowest BCUT2D eigenvalue weighted by molar-refractivity contribution is 0.0391. The van der Waals surface area contributed by atoms with Crippen molar-refractivity contribution in [3.63, 3.8) is 0 Å². The largest absolute Gasteiger partial charge is 0.381 e. The molecule has 136 valence electrons. The second kappa shape index (κ2) is 11.5. The summed E-state index contributed by atoms with van der Waals surface area (Å²) in [7, 11) is 1.89. The lowest BCUT2D eigenvalue weighted by Gasteiger charge is -2.37. The summed E-state index contributed by atoms with van der Waals surface area (Å²) in [5.41, 5.74) is 0. The summed E-state index contributed by atoms with van der Waals surface area (Å²) in [4.78, 5) is 0. The molecule has 0 aliphatic heterocycles. The zero-order valence-corrected chi connectivity index (χ0v) is 16.0. The number of unbranched alkanes of at least 4 members (excludes halogenated alkanes) is 6. The molecule has 2 aliphatic carbocycles. The van der Waals surface area contributed by atoms with Gasteiger partial charge in [0.2, 0.25) is 0 Å². The van der Waals surface area contributed by atoms with Crippen LogP contribution in [0.25, 0.3) is 0 Å². The van der Waals surface area contributed by atoms with Gasteiger partial charge in [0.25, 0.3) is 0 Å². The van der Waals surface area contributed by atoms with Crippen LogP contribution in [-0.2, 0) is 4.74 Å². The van der Waals surface area contributed by atoms with Crippen molar-refractivity contribution >= 4 is 0 Å². The van der Waals surface area contributed by atoms with Crippen LogP contribution in [0.15, 0.2) is 0 Å². The lowest BCUT2D eigenvalue weighted by atomic mass is 9.70. The third-order valence-electron chi connectivity index (χ3n) is 6.83. The first kappa shape index (κ1) is 19.3. The third kappa shape index (κ3) is 7.16. The van der Waals surface area contributed by atoms with Gasteiger partial charge in [0.05, 0.1) is 6.10 Å². The van der Waals surface area contributed by atoms with Crippen molar-refractivity contribution in [3.05, 3.63) is 0 Å². The molecule has 0 unspecified atom stereocenters. The molecule has 1 heteroatoms. The molecule has 0 spiro atoms. The first-order valence-corrected chi connectivity index (χ1v) is 10.9. The van der Waals surface area contributed by atoms with Crippen molar-refractivity contribution in [3.8, 4) is 0 Å². The highest BCUT2D eigenvalue weighted by Gasteiger charge is 2.30. The Morgan fingerprint density at radius 3 is 1.74 bits per heavy atom. The van der Waals surface area contributed by atoms with Crippen LogP contribution >= 0.6 is 0 Å². The Kier molecular flexibility index (Phi) is 9.65. The third-order valence-corrected chi connectivity index (χ3v) is 6.83. The molecular weight excluding hydrogens is 280 g/mol. The maximum Gasteiger partial charge on any atom is 0.0571 e. The smallest absolute Gasteiger partial charge is 0.0571 e. The van der Waals surface area contributed by atoms with Gasteiger partial charge in [0.1, 0.15) is 0 Å². The van der Waals surface area contributed by atoms with Gasteiger partial charge in [0, 0.05) is 7.11 Å². The SMILES string of the molecule is CCCCCCCCCC1CCC(C2CCC(OC)CC2)CC1. The van der Waals surface area contributed by atoms with E-state index in [-0.39, 0.29) is 0 Å². The van der Waals surface area contributed by atoms with Gasteiger partial charge in [-0.15, -0.1) is 0 Å². The number of methoxy groups -OCH3 is 1. The second-order valence-electron chi connectivity index (χ2n) is 8.46. The van der Waals surface area contributed by atoms with E-state index in [2.05, 4.69) is 6.92 Å². The molecule has 0 amide bonds. The molecule has 0 N–H and O–H groups in total. The molecule has 0 radical (unpaired) electrons. The van der Waals surface area contributed by atoms with Gasteiger partial charge in [-0.2, -0.15) is 0 Å². The Bertz CT molecular complexity index is 272. The van der Waals surface area contributed by atoms with Crippen molar-refractivity contribution in [1.29, 1.82) is 0 Å². The van der Waals surface area contributed by atoms with Gasteiger partial charge in [-0.05, 0) is 56.3 Å². The van der Waals surface area contributed by atoms with Gasteiger partial charge in [0.15, 0.2) is 0 Å². The molecule has 0 aromatic heterocycles. The Hall–Kier alpha value is -0.0400. The summed E-state index contributed by atoms with van der Waals surface area (Å²) >= 11 is 0. The van der Waals surface area contributed by atoms with E-state index in [1.54, 1.807) is 0 Å². The number of hydrogen-bond donors (Lipinski definition) is 0. The summed E-state index contributed by atoms with van der Waals surface area (Å²) < 4.78 is 5.53. The Labute approximate surface area is 146 Å². The first-order valence-electron chi connectivity index (χ1n) is 10.9. The maximum absolute atomic E-state index is 5.53. The molecule has 2 aliphatic rings. The van der Waals surface area contributed by atoms with Gasteiger partial charge in [-0.1, -0.05) is 71.1 Å². The monoisotopic (exact) mass is 322 g/mol. The molecule has 2 saturated carbocycles. The van der Waals surface area contributed by atoms with Crippen molar-refractivity contribution in [2.24, 2.45) is 17.8 Å². The Morgan fingerprint density at radius 2 is 1.17 bits per heavy atom. The highest BCUT2D eigenvalue weighted by atomic mass is 16.5. The molecule has 0 aromatic carbocycles. The van der Waals surface area contributed by atoms with E-state index in [0.29, 0.717) is 6.10 Å². The molecular formula is C22H42O. The summed E-state index contributed by atoms with van der Waals surface area (Å²) in [5, 5.41) is 0. The van der Waals surface area contributed by atoms with Crippen LogP contribution in [0.2, 0.25) is 0 Å². The highest BCUT2D eigenvalue weighted by molar-refractivity contribution is 4.82. The minimum Gasteiger partial charge on any atom is -0.381 e. The summed E-state index contributed by atoms with van der Waals surface area (Å²) in [6, 6.07) is 0. The predicted molar refractivity (Wildman–Crippen MR) is 101 cm³/mol. The minimum atomic E-state index is 0.569. The van der Waals surface area contributed by atoms with Gasteiger partial charge in [-0.3, -0.25) is 0 Å². The van der Waals surface area contributed by atoms with E-state index in [9.17, 15) is 0 Å². The van der Waals surface area contributed by atoms with E-state index in [1.165, 1.54) is 103 Å². The number of rotatable bonds is 10. The normalized spacial score (nSPS) is 32.1. The molecule has 1 nitrogen and oxygen atoms in total. The van der Waals surface area contributed by atoms with E-state index < -0.39 is 0 Å². The van der Waals surface area contributed by atoms with E-state index in [4.69, 9.17) is 4.74 Å². The topological polar surface area (TPSA) is 9.23 Å². The van der Waals surface area contributed by atoms with Crippen LogP contribution in [0.4, 0.5) is 0 Å². The Morgan fingerprint density at radius 1 is 0.652 bits per heavy atom. The van der Waals surface area contributed by atoms with E-state index in [0.717, 1.165) is 17.8 Å². The van der Waals surface area contributed by atoms with Crippen LogP contribution in [0.3, 0.4) is 0 Å². The molecule has 23 heavy (non-hydrogen) atoms. The fourth-order valence-electron chi connectivity index (χ4n) is 5.13. The zero-order valence-electron chi connectivity index (χ0n) is 16.0. The Balaban J connectivity index is 1.49. The van der Waals surface area contributed by atoms with E-state index >= 15 is 0 Å². The number of ether oxygens (including phenoxy) is 1. The minimum absolute atomic E-state index is 0.569. The molecule has 2 fully saturated rings. The zero-order chi connectivity index (χ0) is 16.3. The lowest BCUT2D eigenvalue weighted by Crippen LogP contribution is -2.28. The quantitative estimate of drug-likeness (QED) is 0.388. The maximum atomic E-state index is 5.53. The van der Waals surface area contributed by atoms with Crippen molar-refractivity contribution < 1.29 is 4.74 Å². The first-order chi connectivity index (χ1) is 11.3. The number of hydrogen-bond acceptors (Lipinski definition) is 1. The summed E-state index contributed by atoms with van der Waals surface area (Å²) in [6.45, 7) is 2.31. The van der Waals surface area contributed by atoms with Crippen LogP contribution in [0.5, 0.6) is 0 Å². The molecule has 0 heterocycles. The molecule has 0 saturated heterocycles. The van der Waals surface area contributed by atoms with Crippen LogP contribution in [-0.4, -0.2) is 13.2 Å². The second-order valence-corrected chi connectivity index (χ2v) is 8.46. The molecule has 2 rings (SSSR count). The average molecular weight is 323 g/mol. The molecule has 0 aromatic rings. The van der Waals surface area contributed by atoms with Gasteiger partial charge in [-0.25, -0.2) is 0 Å². The predicted octanol–water partition coefficient (Wildman–Crippen LogP) is 7.14. The summed E-state index contributed by atoms with van der Waals surface area (Å²) in [5.74, 6) is 3.15. The molecule has 0 bridgehead atoms. The van der Waals surface area contributed by atoms with Crippen LogP contribution in [0, 0.1) is 17.8 Å². The van der Waals surface area contributed by atoms with Gasteiger partial charge < -0.3 is 4.74 Å². The van der Waals surface area contributed by atoms with Gasteiger partial charge >= 0.3 is 0 Å². The van der Waals surface area contributed by atoms with Crippen LogP contribution < -0.4 is 0 Å². The fraction of sp³-hybridized carbons (Fsp3) is 1.00. The van der Waals surface area contributed by atoms with Crippen LogP contribution in [0.1, 0.15) is 110 Å². The van der Waals surface area contributed by atoms with Crippen molar-refractivity contribution in [2.45, 2.75) is 116 Å². The average Bonchev–Trinajstić information content (AvgIpc) is 2.61. The fourth-order valence-corrected chi connectivity index (χ4v) is 5.13. The van der Waals surface area contributed by atoms with Crippen molar-refractivity contribution in [1.82, 2.24) is 0 Å².